The molecule has 2 aromatic carbocycles. The van der Waals surface area contributed by atoms with E-state index in [1.165, 1.54) is 17.0 Å². The first-order chi connectivity index (χ1) is 24.6. The molecule has 0 fully saturated rings. The second-order valence-electron chi connectivity index (χ2n) is 13.1. The van der Waals surface area contributed by atoms with Crippen LogP contribution in [0.3, 0.4) is 0 Å². The number of hydrogen-bond acceptors (Lipinski definition) is 7. The van der Waals surface area contributed by atoms with Gasteiger partial charge >= 0.3 is 12.4 Å². The Bertz CT molecular complexity index is 2080. The number of amides is 2. The lowest BCUT2D eigenvalue weighted by Gasteiger charge is -2.27. The average molecular weight is 729 g/mol. The summed E-state index contributed by atoms with van der Waals surface area (Å²) in [6.07, 6.45) is -5.52. The number of hydrogen-bond donors (Lipinski definition) is 1. The minimum absolute atomic E-state index is 0.0373. The van der Waals surface area contributed by atoms with Crippen LogP contribution in [0.1, 0.15) is 76.1 Å². The standard InChI is InChI=1S/C35H31F7N8O2/c36-23-8-6-22(7-9-23)33(11-3-12-34(37,38)39)31(52)49(32(43)47-33)17-20-5-10-26(35(40,41)42)24(14-20)30(51)48-18-21-15-44-29(46-27(21)19-48)25-16-45-50-13-2-1-4-28(25)50/h5-10,14-16H,1-4,11-13,17-19H2,(H2,43,47)/t33-/m1/s1. The van der Waals surface area contributed by atoms with Gasteiger partial charge in [0.2, 0.25) is 0 Å². The van der Waals surface area contributed by atoms with E-state index in [0.717, 1.165) is 72.3 Å². The zero-order valence-corrected chi connectivity index (χ0v) is 27.4. The molecular weight excluding hydrogens is 697 g/mol. The van der Waals surface area contributed by atoms with Gasteiger partial charge in [0.1, 0.15) is 5.82 Å². The van der Waals surface area contributed by atoms with Gasteiger partial charge in [-0.05, 0) is 67.5 Å². The molecule has 7 rings (SSSR count). The second kappa shape index (κ2) is 13.0. The van der Waals surface area contributed by atoms with E-state index in [1.54, 1.807) is 12.4 Å². The highest BCUT2D eigenvalue weighted by atomic mass is 19.4. The predicted octanol–water partition coefficient (Wildman–Crippen LogP) is 6.28. The highest BCUT2D eigenvalue weighted by Gasteiger charge is 2.49. The van der Waals surface area contributed by atoms with Crippen molar-refractivity contribution in [1.29, 1.82) is 0 Å². The van der Waals surface area contributed by atoms with Gasteiger partial charge in [-0.3, -0.25) is 19.2 Å². The molecule has 10 nitrogen and oxygen atoms in total. The number of aromatic nitrogens is 4. The van der Waals surface area contributed by atoms with E-state index >= 15 is 0 Å². The minimum Gasteiger partial charge on any atom is -0.369 e. The van der Waals surface area contributed by atoms with Crippen molar-refractivity contribution < 1.29 is 40.3 Å². The molecular formula is C35H31F7N8O2. The summed E-state index contributed by atoms with van der Waals surface area (Å²) in [6.45, 7) is 0.229. The zero-order chi connectivity index (χ0) is 37.0. The molecule has 2 aromatic heterocycles. The predicted molar refractivity (Wildman–Crippen MR) is 171 cm³/mol. The van der Waals surface area contributed by atoms with Crippen LogP contribution in [0, 0.1) is 5.82 Å². The molecule has 0 saturated carbocycles. The molecule has 4 aromatic rings. The monoisotopic (exact) mass is 728 g/mol. The highest BCUT2D eigenvalue weighted by Crippen LogP contribution is 2.41. The number of carbonyl (C=O) groups excluding carboxylic acids is 2. The Hall–Kier alpha value is -5.35. The third-order valence-electron chi connectivity index (χ3n) is 9.63. The van der Waals surface area contributed by atoms with Crippen molar-refractivity contribution in [1.82, 2.24) is 29.5 Å². The zero-order valence-electron chi connectivity index (χ0n) is 27.4. The Labute approximate surface area is 292 Å². The SMILES string of the molecule is NC1=N[C@](CCCC(F)(F)F)(c2ccc(F)cc2)C(=O)N1Cc1ccc(C(F)(F)F)c(C(=O)N2Cc3cnc(-c4cnn5c4CCCC5)nc3C2)c1. The number of aliphatic imine (C=N–C) groups is 1. The lowest BCUT2D eigenvalue weighted by molar-refractivity contribution is -0.139. The van der Waals surface area contributed by atoms with Crippen molar-refractivity contribution >= 4 is 17.8 Å². The van der Waals surface area contributed by atoms with Crippen LogP contribution in [0.15, 0.2) is 59.9 Å². The van der Waals surface area contributed by atoms with Gasteiger partial charge in [0.25, 0.3) is 11.8 Å². The number of carbonyl (C=O) groups is 2. The molecule has 2 N–H and O–H groups in total. The molecule has 272 valence electrons. The largest absolute Gasteiger partial charge is 0.417 e. The third kappa shape index (κ3) is 6.59. The van der Waals surface area contributed by atoms with E-state index in [2.05, 4.69) is 20.1 Å². The van der Waals surface area contributed by atoms with Crippen LogP contribution in [0.25, 0.3) is 11.4 Å². The van der Waals surface area contributed by atoms with Crippen molar-refractivity contribution in [2.45, 2.75) is 82.6 Å². The average Bonchev–Trinajstić information content (AvgIpc) is 3.78. The first-order valence-corrected chi connectivity index (χ1v) is 16.5. The van der Waals surface area contributed by atoms with Crippen LogP contribution in [0.2, 0.25) is 0 Å². The number of alkyl halides is 6. The number of fused-ring (bicyclic) bond motifs is 2. The van der Waals surface area contributed by atoms with Gasteiger partial charge in [0, 0.05) is 37.0 Å². The van der Waals surface area contributed by atoms with Crippen LogP contribution in [-0.2, 0) is 49.1 Å². The summed E-state index contributed by atoms with van der Waals surface area (Å²) in [6, 6.07) is 7.35. The Balaban J connectivity index is 1.15. The second-order valence-corrected chi connectivity index (χ2v) is 13.1. The maximum Gasteiger partial charge on any atom is 0.417 e. The molecule has 3 aliphatic heterocycles. The summed E-state index contributed by atoms with van der Waals surface area (Å²) in [4.78, 5) is 43.3. The van der Waals surface area contributed by atoms with E-state index in [0.29, 0.717) is 17.1 Å². The van der Waals surface area contributed by atoms with Crippen LogP contribution in [0.5, 0.6) is 0 Å². The fraction of sp³-hybridized carbons (Fsp3) is 0.371. The normalized spacial score (nSPS) is 18.8. The number of aryl methyl sites for hydroxylation is 1. The van der Waals surface area contributed by atoms with Gasteiger partial charge in [-0.15, -0.1) is 0 Å². The first kappa shape index (κ1) is 35.1. The molecule has 0 radical (unpaired) electrons. The van der Waals surface area contributed by atoms with Gasteiger partial charge in [0.05, 0.1) is 41.7 Å². The summed E-state index contributed by atoms with van der Waals surface area (Å²) >= 11 is 0. The Morgan fingerprint density at radius 1 is 0.981 bits per heavy atom. The van der Waals surface area contributed by atoms with Gasteiger partial charge in [0.15, 0.2) is 17.3 Å². The van der Waals surface area contributed by atoms with Crippen LogP contribution < -0.4 is 5.73 Å². The Morgan fingerprint density at radius 3 is 2.48 bits per heavy atom. The van der Waals surface area contributed by atoms with Gasteiger partial charge < -0.3 is 10.6 Å². The Morgan fingerprint density at radius 2 is 1.75 bits per heavy atom. The maximum atomic E-state index is 14.3. The molecule has 0 bridgehead atoms. The maximum absolute atomic E-state index is 14.3. The lowest BCUT2D eigenvalue weighted by atomic mass is 9.84. The van der Waals surface area contributed by atoms with E-state index in [1.807, 2.05) is 4.68 Å². The number of rotatable bonds is 8. The van der Waals surface area contributed by atoms with Crippen LogP contribution >= 0.6 is 0 Å². The smallest absolute Gasteiger partial charge is 0.369 e. The topological polar surface area (TPSA) is 123 Å². The quantitative estimate of drug-likeness (QED) is 0.214. The summed E-state index contributed by atoms with van der Waals surface area (Å²) in [5, 5.41) is 4.42. The summed E-state index contributed by atoms with van der Waals surface area (Å²) < 4.78 is 97.7. The van der Waals surface area contributed by atoms with Crippen molar-refractivity contribution in [3.8, 4) is 11.4 Å². The van der Waals surface area contributed by atoms with Crippen LogP contribution in [0.4, 0.5) is 30.7 Å². The van der Waals surface area contributed by atoms with E-state index in [-0.39, 0.29) is 24.2 Å². The highest BCUT2D eigenvalue weighted by molar-refractivity contribution is 6.07. The molecule has 17 heteroatoms. The fourth-order valence-corrected chi connectivity index (χ4v) is 7.05. The summed E-state index contributed by atoms with van der Waals surface area (Å²) in [5.74, 6) is -2.40. The number of nitrogens with zero attached hydrogens (tertiary/aromatic N) is 7. The minimum atomic E-state index is -4.91. The molecule has 0 spiro atoms. The summed E-state index contributed by atoms with van der Waals surface area (Å²) in [5.41, 5.74) is 5.36. The van der Waals surface area contributed by atoms with Gasteiger partial charge in [-0.2, -0.15) is 31.4 Å². The first-order valence-electron chi connectivity index (χ1n) is 16.5. The molecule has 2 amide bonds. The molecule has 0 aliphatic carbocycles. The third-order valence-corrected chi connectivity index (χ3v) is 9.63. The molecule has 1 atom stereocenters. The molecule has 3 aliphatic rings. The van der Waals surface area contributed by atoms with Gasteiger partial charge in [-0.1, -0.05) is 18.2 Å². The molecule has 0 saturated heterocycles. The van der Waals surface area contributed by atoms with Gasteiger partial charge in [-0.25, -0.2) is 19.4 Å². The Kier molecular flexibility index (Phi) is 8.77. The number of guanidine groups is 1. The molecule has 52 heavy (non-hydrogen) atoms. The number of nitrogens with two attached hydrogens (primary N) is 1. The molecule has 0 unspecified atom stereocenters. The van der Waals surface area contributed by atoms with Crippen LogP contribution in [-0.4, -0.2) is 53.5 Å². The van der Waals surface area contributed by atoms with E-state index in [4.69, 9.17) is 5.73 Å². The van der Waals surface area contributed by atoms with E-state index < -0.39 is 78.4 Å². The lowest BCUT2D eigenvalue weighted by Crippen LogP contribution is -2.42. The number of benzene rings is 2. The molecule has 5 heterocycles. The summed E-state index contributed by atoms with van der Waals surface area (Å²) in [7, 11) is 0. The van der Waals surface area contributed by atoms with Crippen molar-refractivity contribution in [2.24, 2.45) is 10.7 Å². The fourth-order valence-electron chi connectivity index (χ4n) is 7.05. The van der Waals surface area contributed by atoms with Crippen molar-refractivity contribution in [3.63, 3.8) is 0 Å². The number of halogens is 7. The van der Waals surface area contributed by atoms with Crippen molar-refractivity contribution in [3.05, 3.63) is 99.9 Å². The van der Waals surface area contributed by atoms with E-state index in [9.17, 15) is 40.3 Å². The van der Waals surface area contributed by atoms with Crippen molar-refractivity contribution in [2.75, 3.05) is 0 Å².